The molecule has 1 aliphatic rings. The number of hydrogen-bond donors (Lipinski definition) is 3. The van der Waals surface area contributed by atoms with E-state index in [4.69, 9.17) is 4.42 Å². The maximum atomic E-state index is 12.0. The van der Waals surface area contributed by atoms with E-state index in [1.807, 2.05) is 6.07 Å². The van der Waals surface area contributed by atoms with Crippen LogP contribution >= 0.6 is 0 Å². The Balaban J connectivity index is 1.89. The molecule has 0 radical (unpaired) electrons. The molecule has 0 aliphatic heterocycles. The molecule has 0 spiro atoms. The first-order chi connectivity index (χ1) is 9.60. The molecule has 0 saturated heterocycles. The smallest absolute Gasteiger partial charge is 0.315 e. The highest BCUT2D eigenvalue weighted by molar-refractivity contribution is 5.74. The van der Waals surface area contributed by atoms with Gasteiger partial charge in [0, 0.05) is 12.0 Å². The number of rotatable bonds is 5. The second kappa shape index (κ2) is 6.79. The number of amides is 2. The zero-order chi connectivity index (χ0) is 14.5. The normalized spacial score (nSPS) is 19.5. The van der Waals surface area contributed by atoms with Gasteiger partial charge in [0.15, 0.2) is 0 Å². The van der Waals surface area contributed by atoms with Gasteiger partial charge in [0.1, 0.15) is 5.76 Å². The Morgan fingerprint density at radius 2 is 2.35 bits per heavy atom. The topological polar surface area (TPSA) is 74.5 Å². The Morgan fingerprint density at radius 3 is 3.05 bits per heavy atom. The number of urea groups is 1. The van der Waals surface area contributed by atoms with Crippen molar-refractivity contribution in [1.82, 2.24) is 10.6 Å². The summed E-state index contributed by atoms with van der Waals surface area (Å²) in [4.78, 5) is 12.0. The first-order valence-electron chi connectivity index (χ1n) is 7.34. The van der Waals surface area contributed by atoms with Gasteiger partial charge in [-0.25, -0.2) is 4.79 Å². The Hall–Kier alpha value is -1.49. The highest BCUT2D eigenvalue weighted by atomic mass is 16.3. The summed E-state index contributed by atoms with van der Waals surface area (Å²) in [6.07, 6.45) is 5.33. The van der Waals surface area contributed by atoms with Gasteiger partial charge in [0.05, 0.1) is 25.0 Å². The molecule has 1 aromatic heterocycles. The summed E-state index contributed by atoms with van der Waals surface area (Å²) in [5.74, 6) is 1.41. The van der Waals surface area contributed by atoms with Crippen molar-refractivity contribution in [3.63, 3.8) is 0 Å². The monoisotopic (exact) mass is 280 g/mol. The molecule has 5 heteroatoms. The lowest BCUT2D eigenvalue weighted by Gasteiger charge is -2.25. The molecule has 1 heterocycles. The Bertz CT molecular complexity index is 442. The lowest BCUT2D eigenvalue weighted by molar-refractivity contribution is 0.203. The van der Waals surface area contributed by atoms with E-state index in [-0.39, 0.29) is 24.7 Å². The van der Waals surface area contributed by atoms with Crippen LogP contribution in [0.5, 0.6) is 0 Å². The predicted octanol–water partition coefficient (Wildman–Crippen LogP) is 2.36. The Kier molecular flexibility index (Phi) is 5.06. The van der Waals surface area contributed by atoms with E-state index in [2.05, 4.69) is 24.5 Å². The number of aliphatic hydroxyl groups is 1. The van der Waals surface area contributed by atoms with Crippen LogP contribution in [0.1, 0.15) is 50.5 Å². The molecule has 0 saturated carbocycles. The Morgan fingerprint density at radius 1 is 1.55 bits per heavy atom. The molecular formula is C15H24N2O3. The fourth-order valence-electron chi connectivity index (χ4n) is 2.77. The highest BCUT2D eigenvalue weighted by Gasteiger charge is 2.24. The second-order valence-electron chi connectivity index (χ2n) is 5.87. The van der Waals surface area contributed by atoms with E-state index in [0.29, 0.717) is 5.92 Å². The number of furan rings is 1. The SMILES string of the molecule is CC(C)CC(CO)NC(=O)NC1CCCc2occc21. The van der Waals surface area contributed by atoms with Crippen molar-refractivity contribution < 1.29 is 14.3 Å². The number of fused-ring (bicyclic) bond motifs is 1. The maximum Gasteiger partial charge on any atom is 0.315 e. The minimum atomic E-state index is -0.219. The van der Waals surface area contributed by atoms with Gasteiger partial charge in [-0.15, -0.1) is 0 Å². The second-order valence-corrected chi connectivity index (χ2v) is 5.87. The summed E-state index contributed by atoms with van der Waals surface area (Å²) in [6.45, 7) is 4.11. The van der Waals surface area contributed by atoms with Gasteiger partial charge in [-0.2, -0.15) is 0 Å². The minimum Gasteiger partial charge on any atom is -0.469 e. The molecule has 2 amide bonds. The number of nitrogens with one attached hydrogen (secondary N) is 2. The first kappa shape index (κ1) is 14.9. The molecule has 0 aromatic carbocycles. The summed E-state index contributed by atoms with van der Waals surface area (Å²) >= 11 is 0. The van der Waals surface area contributed by atoms with Crippen LogP contribution < -0.4 is 10.6 Å². The van der Waals surface area contributed by atoms with E-state index < -0.39 is 0 Å². The first-order valence-corrected chi connectivity index (χ1v) is 7.34. The number of aryl methyl sites for hydroxylation is 1. The molecular weight excluding hydrogens is 256 g/mol. The van der Waals surface area contributed by atoms with Gasteiger partial charge < -0.3 is 20.2 Å². The average Bonchev–Trinajstić information content (AvgIpc) is 2.86. The molecule has 2 rings (SSSR count). The van der Waals surface area contributed by atoms with E-state index in [1.54, 1.807) is 6.26 Å². The van der Waals surface area contributed by atoms with Gasteiger partial charge >= 0.3 is 6.03 Å². The zero-order valence-electron chi connectivity index (χ0n) is 12.2. The van der Waals surface area contributed by atoms with Crippen molar-refractivity contribution in [2.75, 3.05) is 6.61 Å². The number of carbonyl (C=O) groups is 1. The van der Waals surface area contributed by atoms with Crippen LogP contribution in [-0.4, -0.2) is 23.8 Å². The van der Waals surface area contributed by atoms with E-state index in [9.17, 15) is 9.90 Å². The predicted molar refractivity (Wildman–Crippen MR) is 76.4 cm³/mol. The van der Waals surface area contributed by atoms with E-state index in [0.717, 1.165) is 37.0 Å². The molecule has 1 aromatic rings. The zero-order valence-corrected chi connectivity index (χ0v) is 12.2. The van der Waals surface area contributed by atoms with Crippen LogP contribution in [0.15, 0.2) is 16.7 Å². The molecule has 2 unspecified atom stereocenters. The van der Waals surface area contributed by atoms with Crippen LogP contribution in [-0.2, 0) is 6.42 Å². The fraction of sp³-hybridized carbons (Fsp3) is 0.667. The maximum absolute atomic E-state index is 12.0. The Labute approximate surface area is 119 Å². The van der Waals surface area contributed by atoms with Gasteiger partial charge in [-0.3, -0.25) is 0 Å². The van der Waals surface area contributed by atoms with Crippen LogP contribution in [0.4, 0.5) is 4.79 Å². The number of hydrogen-bond acceptors (Lipinski definition) is 3. The van der Waals surface area contributed by atoms with E-state index in [1.165, 1.54) is 0 Å². The molecule has 0 fully saturated rings. The van der Waals surface area contributed by atoms with Crippen molar-refractivity contribution in [3.8, 4) is 0 Å². The van der Waals surface area contributed by atoms with Gasteiger partial charge in [0.2, 0.25) is 0 Å². The van der Waals surface area contributed by atoms with Crippen molar-refractivity contribution in [2.45, 2.75) is 51.6 Å². The summed E-state index contributed by atoms with van der Waals surface area (Å²) in [6, 6.07) is 1.53. The van der Waals surface area contributed by atoms with Crippen molar-refractivity contribution >= 4 is 6.03 Å². The molecule has 5 nitrogen and oxygen atoms in total. The highest BCUT2D eigenvalue weighted by Crippen LogP contribution is 2.30. The van der Waals surface area contributed by atoms with Gasteiger partial charge in [-0.1, -0.05) is 13.8 Å². The lowest BCUT2D eigenvalue weighted by atomic mass is 9.93. The molecule has 112 valence electrons. The summed E-state index contributed by atoms with van der Waals surface area (Å²) in [7, 11) is 0. The molecule has 2 atom stereocenters. The van der Waals surface area contributed by atoms with Gasteiger partial charge in [0.25, 0.3) is 0 Å². The fourth-order valence-corrected chi connectivity index (χ4v) is 2.77. The third-order valence-electron chi connectivity index (χ3n) is 3.67. The van der Waals surface area contributed by atoms with Crippen molar-refractivity contribution in [2.24, 2.45) is 5.92 Å². The van der Waals surface area contributed by atoms with Crippen LogP contribution in [0.25, 0.3) is 0 Å². The lowest BCUT2D eigenvalue weighted by Crippen LogP contribution is -2.45. The molecule has 20 heavy (non-hydrogen) atoms. The van der Waals surface area contributed by atoms with Gasteiger partial charge in [-0.05, 0) is 31.2 Å². The van der Waals surface area contributed by atoms with Crippen molar-refractivity contribution in [3.05, 3.63) is 23.7 Å². The summed E-state index contributed by atoms with van der Waals surface area (Å²) in [5, 5.41) is 15.1. The standard InChI is InChI=1S/C15H24N2O3/c1-10(2)8-11(9-18)16-15(19)17-13-4-3-5-14-12(13)6-7-20-14/h6-7,10-11,13,18H,3-5,8-9H2,1-2H3,(H2,16,17,19). The minimum absolute atomic E-state index is 0.0101. The van der Waals surface area contributed by atoms with Crippen LogP contribution in [0.3, 0.4) is 0 Å². The summed E-state index contributed by atoms with van der Waals surface area (Å²) in [5.41, 5.74) is 1.08. The van der Waals surface area contributed by atoms with Crippen LogP contribution in [0, 0.1) is 5.92 Å². The third-order valence-corrected chi connectivity index (χ3v) is 3.67. The molecule has 1 aliphatic carbocycles. The van der Waals surface area contributed by atoms with Crippen molar-refractivity contribution in [1.29, 1.82) is 0 Å². The van der Waals surface area contributed by atoms with E-state index >= 15 is 0 Å². The number of carbonyl (C=O) groups excluding carboxylic acids is 1. The summed E-state index contributed by atoms with van der Waals surface area (Å²) < 4.78 is 5.41. The largest absolute Gasteiger partial charge is 0.469 e. The molecule has 3 N–H and O–H groups in total. The molecule has 0 bridgehead atoms. The van der Waals surface area contributed by atoms with Crippen LogP contribution in [0.2, 0.25) is 0 Å². The average molecular weight is 280 g/mol. The third kappa shape index (κ3) is 3.76. The number of aliphatic hydroxyl groups excluding tert-OH is 1. The quantitative estimate of drug-likeness (QED) is 0.775.